The van der Waals surface area contributed by atoms with Gasteiger partial charge in [-0.25, -0.2) is 4.99 Å². The molecule has 2 N–H and O–H groups in total. The van der Waals surface area contributed by atoms with E-state index in [-0.39, 0.29) is 18.3 Å². The lowest BCUT2D eigenvalue weighted by molar-refractivity contribution is -0.274. The van der Waals surface area contributed by atoms with Crippen LogP contribution in [0.4, 0.5) is 13.2 Å². The van der Waals surface area contributed by atoms with E-state index < -0.39 is 6.36 Å². The third-order valence-corrected chi connectivity index (χ3v) is 3.28. The number of nitrogens with zero attached hydrogens (tertiary/aromatic N) is 1. The smallest absolute Gasteiger partial charge is 0.469 e. The number of halogens is 3. The van der Waals surface area contributed by atoms with Crippen molar-refractivity contribution < 1.29 is 27.4 Å². The number of methoxy groups -OCH3 is 1. The SMILES string of the molecule is CCNC(=NCc1ccccc1OC(F)(F)F)NCCCCC(=O)OC. The molecule has 0 unspecified atom stereocenters. The number of ether oxygens (including phenoxy) is 2. The summed E-state index contributed by atoms with van der Waals surface area (Å²) in [7, 11) is 1.34. The molecule has 0 saturated heterocycles. The summed E-state index contributed by atoms with van der Waals surface area (Å²) in [5.41, 5.74) is 0.327. The summed E-state index contributed by atoms with van der Waals surface area (Å²) in [5, 5.41) is 6.09. The first-order valence-corrected chi connectivity index (χ1v) is 8.28. The van der Waals surface area contributed by atoms with Crippen LogP contribution in [0, 0.1) is 0 Å². The van der Waals surface area contributed by atoms with Crippen molar-refractivity contribution in [3.05, 3.63) is 29.8 Å². The lowest BCUT2D eigenvalue weighted by Crippen LogP contribution is -2.37. The molecule has 6 nitrogen and oxygen atoms in total. The predicted molar refractivity (Wildman–Crippen MR) is 91.8 cm³/mol. The number of guanidine groups is 1. The maximum Gasteiger partial charge on any atom is 0.573 e. The van der Waals surface area contributed by atoms with Crippen molar-refractivity contribution in [2.45, 2.75) is 39.1 Å². The van der Waals surface area contributed by atoms with Crippen LogP contribution < -0.4 is 15.4 Å². The van der Waals surface area contributed by atoms with Crippen LogP contribution in [0.5, 0.6) is 5.75 Å². The number of unbranched alkanes of at least 4 members (excludes halogenated alkanes) is 1. The van der Waals surface area contributed by atoms with Crippen molar-refractivity contribution in [2.24, 2.45) is 4.99 Å². The lowest BCUT2D eigenvalue weighted by atomic mass is 10.2. The molecule has 9 heteroatoms. The third kappa shape index (κ3) is 9.14. The molecule has 0 aliphatic rings. The Hall–Kier alpha value is -2.45. The van der Waals surface area contributed by atoms with Crippen molar-refractivity contribution in [1.82, 2.24) is 10.6 Å². The highest BCUT2D eigenvalue weighted by atomic mass is 19.4. The molecule has 0 atom stereocenters. The Morgan fingerprint density at radius 3 is 2.58 bits per heavy atom. The number of benzene rings is 1. The van der Waals surface area contributed by atoms with Crippen molar-refractivity contribution in [1.29, 1.82) is 0 Å². The molecule has 1 aromatic rings. The van der Waals surface area contributed by atoms with E-state index in [0.717, 1.165) is 6.42 Å². The Balaban J connectivity index is 2.59. The van der Waals surface area contributed by atoms with E-state index >= 15 is 0 Å². The van der Waals surface area contributed by atoms with Crippen LogP contribution in [0.15, 0.2) is 29.3 Å². The molecule has 0 spiro atoms. The van der Waals surface area contributed by atoms with Gasteiger partial charge < -0.3 is 20.1 Å². The molecule has 0 fully saturated rings. The number of carbonyl (C=O) groups is 1. The average Bonchev–Trinajstić information content (AvgIpc) is 2.58. The zero-order chi connectivity index (χ0) is 19.4. The van der Waals surface area contributed by atoms with E-state index in [1.54, 1.807) is 6.07 Å². The van der Waals surface area contributed by atoms with Crippen LogP contribution in [-0.4, -0.2) is 38.5 Å². The number of aliphatic imine (C=N–C) groups is 1. The number of para-hydroxylation sites is 1. The van der Waals surface area contributed by atoms with Gasteiger partial charge in [0.2, 0.25) is 0 Å². The first-order valence-electron chi connectivity index (χ1n) is 8.28. The highest BCUT2D eigenvalue weighted by Crippen LogP contribution is 2.26. The van der Waals surface area contributed by atoms with Gasteiger partial charge in [0.05, 0.1) is 13.7 Å². The molecule has 0 heterocycles. The topological polar surface area (TPSA) is 72.0 Å². The van der Waals surface area contributed by atoms with E-state index in [1.165, 1.54) is 25.3 Å². The second kappa shape index (κ2) is 11.2. The maximum atomic E-state index is 12.4. The Morgan fingerprint density at radius 2 is 1.92 bits per heavy atom. The number of carbonyl (C=O) groups excluding carboxylic acids is 1. The monoisotopic (exact) mass is 375 g/mol. The minimum Gasteiger partial charge on any atom is -0.469 e. The van der Waals surface area contributed by atoms with Crippen LogP contribution in [0.2, 0.25) is 0 Å². The second-order valence-electron chi connectivity index (χ2n) is 5.31. The quantitative estimate of drug-likeness (QED) is 0.301. The van der Waals surface area contributed by atoms with Gasteiger partial charge in [-0.2, -0.15) is 0 Å². The van der Waals surface area contributed by atoms with Crippen LogP contribution in [0.25, 0.3) is 0 Å². The van der Waals surface area contributed by atoms with Gasteiger partial charge in [-0.1, -0.05) is 18.2 Å². The highest BCUT2D eigenvalue weighted by molar-refractivity contribution is 5.79. The van der Waals surface area contributed by atoms with Gasteiger partial charge in [0.15, 0.2) is 5.96 Å². The zero-order valence-electron chi connectivity index (χ0n) is 14.9. The van der Waals surface area contributed by atoms with Crippen molar-refractivity contribution in [2.75, 3.05) is 20.2 Å². The Bertz CT molecular complexity index is 592. The van der Waals surface area contributed by atoms with Crippen molar-refractivity contribution in [3.63, 3.8) is 0 Å². The van der Waals surface area contributed by atoms with Crippen LogP contribution >= 0.6 is 0 Å². The summed E-state index contributed by atoms with van der Waals surface area (Å²) >= 11 is 0. The fourth-order valence-electron chi connectivity index (χ4n) is 2.07. The van der Waals surface area contributed by atoms with Crippen LogP contribution in [0.3, 0.4) is 0 Å². The summed E-state index contributed by atoms with van der Waals surface area (Å²) in [6, 6.07) is 5.89. The molecular weight excluding hydrogens is 351 g/mol. The number of rotatable bonds is 9. The molecule has 0 aliphatic carbocycles. The van der Waals surface area contributed by atoms with Crippen molar-refractivity contribution >= 4 is 11.9 Å². The van der Waals surface area contributed by atoms with Gasteiger partial charge in [-0.05, 0) is 25.8 Å². The summed E-state index contributed by atoms with van der Waals surface area (Å²) in [6.45, 7) is 3.09. The molecule has 1 aromatic carbocycles. The molecule has 146 valence electrons. The highest BCUT2D eigenvalue weighted by Gasteiger charge is 2.31. The van der Waals surface area contributed by atoms with E-state index in [2.05, 4.69) is 25.1 Å². The molecule has 1 rings (SSSR count). The maximum absolute atomic E-state index is 12.4. The normalized spacial score (nSPS) is 11.8. The number of hydrogen-bond acceptors (Lipinski definition) is 4. The van der Waals surface area contributed by atoms with Gasteiger partial charge in [0, 0.05) is 25.1 Å². The van der Waals surface area contributed by atoms with Gasteiger partial charge in [0.25, 0.3) is 0 Å². The Kier molecular flexibility index (Phi) is 9.32. The fourth-order valence-corrected chi connectivity index (χ4v) is 2.07. The second-order valence-corrected chi connectivity index (χ2v) is 5.31. The van der Waals surface area contributed by atoms with E-state index in [9.17, 15) is 18.0 Å². The van der Waals surface area contributed by atoms with Gasteiger partial charge >= 0.3 is 12.3 Å². The lowest BCUT2D eigenvalue weighted by Gasteiger charge is -2.14. The Morgan fingerprint density at radius 1 is 1.19 bits per heavy atom. The summed E-state index contributed by atoms with van der Waals surface area (Å²) in [5.74, 6) is -0.0445. The number of esters is 1. The van der Waals surface area contributed by atoms with Crippen molar-refractivity contribution in [3.8, 4) is 5.75 Å². The molecule has 0 aliphatic heterocycles. The first kappa shape index (κ1) is 21.6. The summed E-state index contributed by atoms with van der Waals surface area (Å²) in [6.07, 6.45) is -3.01. The van der Waals surface area contributed by atoms with Crippen LogP contribution in [-0.2, 0) is 16.1 Å². The van der Waals surface area contributed by atoms with E-state index in [0.29, 0.717) is 37.5 Å². The van der Waals surface area contributed by atoms with Gasteiger partial charge in [-0.15, -0.1) is 13.2 Å². The molecule has 0 aromatic heterocycles. The van der Waals surface area contributed by atoms with E-state index in [4.69, 9.17) is 0 Å². The minimum absolute atomic E-state index is 0.0315. The summed E-state index contributed by atoms with van der Waals surface area (Å²) < 4.78 is 45.9. The number of hydrogen-bond donors (Lipinski definition) is 2. The fraction of sp³-hybridized carbons (Fsp3) is 0.529. The molecule has 0 bridgehead atoms. The molecule has 0 radical (unpaired) electrons. The first-order chi connectivity index (χ1) is 12.4. The predicted octanol–water partition coefficient (Wildman–Crippen LogP) is 2.98. The minimum atomic E-state index is -4.75. The standard InChI is InChI=1S/C17H24F3N3O3/c1-3-21-16(22-11-7-6-10-15(24)25-2)23-12-13-8-4-5-9-14(13)26-17(18,19)20/h4-5,8-9H,3,6-7,10-12H2,1-2H3,(H2,21,22,23). The molecule has 0 amide bonds. The zero-order valence-corrected chi connectivity index (χ0v) is 14.9. The molecule has 0 saturated carbocycles. The third-order valence-electron chi connectivity index (χ3n) is 3.28. The average molecular weight is 375 g/mol. The number of nitrogens with one attached hydrogen (secondary N) is 2. The van der Waals surface area contributed by atoms with E-state index in [1.807, 2.05) is 6.92 Å². The largest absolute Gasteiger partial charge is 0.573 e. The Labute approximate surface area is 150 Å². The van der Waals surface area contributed by atoms with Gasteiger partial charge in [-0.3, -0.25) is 4.79 Å². The van der Waals surface area contributed by atoms with Gasteiger partial charge in [0.1, 0.15) is 5.75 Å². The molecular formula is C17H24F3N3O3. The summed E-state index contributed by atoms with van der Waals surface area (Å²) in [4.78, 5) is 15.3. The van der Waals surface area contributed by atoms with Crippen LogP contribution in [0.1, 0.15) is 31.7 Å². The molecule has 26 heavy (non-hydrogen) atoms. The number of alkyl halides is 3.